The summed E-state index contributed by atoms with van der Waals surface area (Å²) in [5, 5.41) is 9.94. The summed E-state index contributed by atoms with van der Waals surface area (Å²) in [4.78, 5) is 10.2. The molecule has 0 aliphatic rings. The smallest absolute Gasteiger partial charge is 0.226 e. The second-order valence-corrected chi connectivity index (χ2v) is 6.03. The van der Waals surface area contributed by atoms with Crippen LogP contribution in [0.5, 0.6) is 0 Å². The SMILES string of the molecule is CCCNc1nc(NC(C)C(C)C)c2ccsc2n1. The van der Waals surface area contributed by atoms with Gasteiger partial charge in [-0.15, -0.1) is 11.3 Å². The summed E-state index contributed by atoms with van der Waals surface area (Å²) in [6.07, 6.45) is 1.07. The number of rotatable bonds is 6. The van der Waals surface area contributed by atoms with Gasteiger partial charge < -0.3 is 10.6 Å². The Morgan fingerprint density at radius 3 is 2.74 bits per heavy atom. The second kappa shape index (κ2) is 6.19. The van der Waals surface area contributed by atoms with Crippen LogP contribution in [0.25, 0.3) is 10.2 Å². The molecule has 0 radical (unpaired) electrons. The maximum atomic E-state index is 4.61. The Labute approximate surface area is 118 Å². The Morgan fingerprint density at radius 1 is 1.26 bits per heavy atom. The van der Waals surface area contributed by atoms with Crippen molar-refractivity contribution in [2.24, 2.45) is 5.92 Å². The van der Waals surface area contributed by atoms with Gasteiger partial charge in [0.1, 0.15) is 10.6 Å². The van der Waals surface area contributed by atoms with Gasteiger partial charge in [0.15, 0.2) is 0 Å². The summed E-state index contributed by atoms with van der Waals surface area (Å²) in [5.41, 5.74) is 0. The second-order valence-electron chi connectivity index (χ2n) is 5.14. The van der Waals surface area contributed by atoms with Gasteiger partial charge in [0.25, 0.3) is 0 Å². The Balaban J connectivity index is 2.31. The lowest BCUT2D eigenvalue weighted by atomic mass is 10.1. The molecule has 0 saturated carbocycles. The highest BCUT2D eigenvalue weighted by Gasteiger charge is 2.13. The highest BCUT2D eigenvalue weighted by molar-refractivity contribution is 7.16. The van der Waals surface area contributed by atoms with Gasteiger partial charge in [0.2, 0.25) is 5.95 Å². The van der Waals surface area contributed by atoms with Crippen molar-refractivity contribution in [3.05, 3.63) is 11.4 Å². The van der Waals surface area contributed by atoms with Crippen LogP contribution in [0.2, 0.25) is 0 Å². The minimum absolute atomic E-state index is 0.386. The summed E-state index contributed by atoms with van der Waals surface area (Å²) in [7, 11) is 0. The third kappa shape index (κ3) is 3.35. The molecule has 0 fully saturated rings. The standard InChI is InChI=1S/C14H22N4S/c1-5-7-15-14-17-12(16-10(4)9(2)3)11-6-8-19-13(11)18-14/h6,8-10H,5,7H2,1-4H3,(H2,15,16,17,18). The monoisotopic (exact) mass is 278 g/mol. The van der Waals surface area contributed by atoms with Gasteiger partial charge in [-0.2, -0.15) is 4.98 Å². The largest absolute Gasteiger partial charge is 0.367 e. The molecule has 19 heavy (non-hydrogen) atoms. The van der Waals surface area contributed by atoms with Gasteiger partial charge in [-0.05, 0) is 30.7 Å². The lowest BCUT2D eigenvalue weighted by Crippen LogP contribution is -2.22. The molecule has 0 spiro atoms. The molecule has 0 saturated heterocycles. The third-order valence-electron chi connectivity index (χ3n) is 3.22. The van der Waals surface area contributed by atoms with E-state index in [0.717, 1.165) is 34.9 Å². The third-order valence-corrected chi connectivity index (χ3v) is 4.03. The predicted octanol–water partition coefficient (Wildman–Crippen LogP) is 3.97. The average molecular weight is 278 g/mol. The molecule has 0 aromatic carbocycles. The van der Waals surface area contributed by atoms with Crippen LogP contribution in [0.4, 0.5) is 11.8 Å². The fourth-order valence-electron chi connectivity index (χ4n) is 1.66. The van der Waals surface area contributed by atoms with Crippen molar-refractivity contribution in [3.63, 3.8) is 0 Å². The van der Waals surface area contributed by atoms with Crippen molar-refractivity contribution in [1.29, 1.82) is 0 Å². The first-order valence-electron chi connectivity index (χ1n) is 6.87. The molecule has 1 atom stereocenters. The molecule has 0 aliphatic heterocycles. The maximum absolute atomic E-state index is 4.61. The van der Waals surface area contributed by atoms with Crippen LogP contribution in [0.3, 0.4) is 0 Å². The molecule has 5 heteroatoms. The molecule has 2 aromatic heterocycles. The molecule has 1 unspecified atom stereocenters. The fraction of sp³-hybridized carbons (Fsp3) is 0.571. The van der Waals surface area contributed by atoms with Crippen LogP contribution in [0.15, 0.2) is 11.4 Å². The van der Waals surface area contributed by atoms with Gasteiger partial charge >= 0.3 is 0 Å². The Bertz CT molecular complexity index is 535. The van der Waals surface area contributed by atoms with Gasteiger partial charge in [-0.3, -0.25) is 0 Å². The molecular formula is C14H22N4S. The average Bonchev–Trinajstić information content (AvgIpc) is 2.84. The minimum atomic E-state index is 0.386. The molecule has 0 aliphatic carbocycles. The number of thiophene rings is 1. The van der Waals surface area contributed by atoms with Crippen LogP contribution in [0, 0.1) is 5.92 Å². The van der Waals surface area contributed by atoms with E-state index in [1.54, 1.807) is 11.3 Å². The number of nitrogens with zero attached hydrogens (tertiary/aromatic N) is 2. The molecule has 2 rings (SSSR count). The van der Waals surface area contributed by atoms with E-state index in [9.17, 15) is 0 Å². The summed E-state index contributed by atoms with van der Waals surface area (Å²) >= 11 is 1.65. The van der Waals surface area contributed by atoms with E-state index >= 15 is 0 Å². The number of nitrogens with one attached hydrogen (secondary N) is 2. The normalized spacial score (nSPS) is 12.9. The topological polar surface area (TPSA) is 49.8 Å². The van der Waals surface area contributed by atoms with Crippen LogP contribution in [0.1, 0.15) is 34.1 Å². The molecule has 2 heterocycles. The van der Waals surface area contributed by atoms with Gasteiger partial charge in [0, 0.05) is 12.6 Å². The Hall–Kier alpha value is -1.36. The van der Waals surface area contributed by atoms with Crippen LogP contribution in [-0.4, -0.2) is 22.6 Å². The molecule has 104 valence electrons. The number of aromatic nitrogens is 2. The summed E-state index contributed by atoms with van der Waals surface area (Å²) in [6, 6.07) is 2.47. The van der Waals surface area contributed by atoms with E-state index in [2.05, 4.69) is 59.7 Å². The van der Waals surface area contributed by atoms with E-state index in [1.165, 1.54) is 0 Å². The van der Waals surface area contributed by atoms with Crippen molar-refractivity contribution in [2.75, 3.05) is 17.2 Å². The van der Waals surface area contributed by atoms with E-state index < -0.39 is 0 Å². The first kappa shape index (κ1) is 14.1. The lowest BCUT2D eigenvalue weighted by molar-refractivity contribution is 0.559. The predicted molar refractivity (Wildman–Crippen MR) is 84.1 cm³/mol. The van der Waals surface area contributed by atoms with E-state index in [4.69, 9.17) is 0 Å². The van der Waals surface area contributed by atoms with Crippen molar-refractivity contribution in [1.82, 2.24) is 9.97 Å². The van der Waals surface area contributed by atoms with E-state index in [1.807, 2.05) is 0 Å². The van der Waals surface area contributed by atoms with Crippen molar-refractivity contribution < 1.29 is 0 Å². The highest BCUT2D eigenvalue weighted by Crippen LogP contribution is 2.27. The van der Waals surface area contributed by atoms with Crippen LogP contribution < -0.4 is 10.6 Å². The maximum Gasteiger partial charge on any atom is 0.226 e. The number of hydrogen-bond acceptors (Lipinski definition) is 5. The number of fused-ring (bicyclic) bond motifs is 1. The highest BCUT2D eigenvalue weighted by atomic mass is 32.1. The number of anilines is 2. The molecule has 2 aromatic rings. The zero-order chi connectivity index (χ0) is 13.8. The summed E-state index contributed by atoms with van der Waals surface area (Å²) in [5.74, 6) is 2.22. The lowest BCUT2D eigenvalue weighted by Gasteiger charge is -2.19. The number of hydrogen-bond donors (Lipinski definition) is 2. The van der Waals surface area contributed by atoms with E-state index in [-0.39, 0.29) is 0 Å². The molecule has 4 nitrogen and oxygen atoms in total. The first-order chi connectivity index (χ1) is 9.11. The van der Waals surface area contributed by atoms with Crippen molar-refractivity contribution in [2.45, 2.75) is 40.2 Å². The summed E-state index contributed by atoms with van der Waals surface area (Å²) in [6.45, 7) is 9.64. The minimum Gasteiger partial charge on any atom is -0.367 e. The van der Waals surface area contributed by atoms with E-state index in [0.29, 0.717) is 12.0 Å². The zero-order valence-corrected chi connectivity index (χ0v) is 12.8. The quantitative estimate of drug-likeness (QED) is 0.839. The fourth-order valence-corrected chi connectivity index (χ4v) is 2.43. The van der Waals surface area contributed by atoms with Crippen LogP contribution in [-0.2, 0) is 0 Å². The molecule has 0 amide bonds. The molecular weight excluding hydrogens is 256 g/mol. The van der Waals surface area contributed by atoms with Gasteiger partial charge in [-0.25, -0.2) is 4.98 Å². The molecule has 0 bridgehead atoms. The van der Waals surface area contributed by atoms with Gasteiger partial charge in [-0.1, -0.05) is 20.8 Å². The Kier molecular flexibility index (Phi) is 4.58. The summed E-state index contributed by atoms with van der Waals surface area (Å²) < 4.78 is 0. The van der Waals surface area contributed by atoms with Gasteiger partial charge in [0.05, 0.1) is 5.39 Å². The van der Waals surface area contributed by atoms with Crippen LogP contribution >= 0.6 is 11.3 Å². The van der Waals surface area contributed by atoms with Crippen molar-refractivity contribution in [3.8, 4) is 0 Å². The van der Waals surface area contributed by atoms with Crippen molar-refractivity contribution >= 4 is 33.3 Å². The first-order valence-corrected chi connectivity index (χ1v) is 7.75. The molecule has 2 N–H and O–H groups in total. The zero-order valence-electron chi connectivity index (χ0n) is 12.0. The Morgan fingerprint density at radius 2 is 2.05 bits per heavy atom.